The van der Waals surface area contributed by atoms with Crippen molar-refractivity contribution in [2.75, 3.05) is 13.1 Å². The number of rotatable bonds is 7. The number of non-ortho nitro benzene ring substituents is 1. The van der Waals surface area contributed by atoms with Gasteiger partial charge < -0.3 is 15.4 Å². The van der Waals surface area contributed by atoms with Crippen LogP contribution in [-0.2, 0) is 4.74 Å². The molecule has 24 heavy (non-hydrogen) atoms. The normalized spacial score (nSPS) is 12.8. The minimum absolute atomic E-state index is 0.0641. The minimum atomic E-state index is -0.504. The van der Waals surface area contributed by atoms with Crippen LogP contribution in [-0.4, -0.2) is 29.7 Å². The number of carbonyl (C=O) groups is 1. The molecular formula is C17H25N3O4. The van der Waals surface area contributed by atoms with E-state index in [1.54, 1.807) is 12.1 Å². The number of alkyl carbamates (subject to hydrolysis) is 1. The number of benzene rings is 1. The SMILES string of the molecule is CC(NC/C=C/CNC(=O)OC(C)(C)C)c1ccc([N+](=O)[O-])cc1. The molecule has 7 heteroatoms. The first-order valence-electron chi connectivity index (χ1n) is 7.78. The second kappa shape index (κ2) is 9.02. The highest BCUT2D eigenvalue weighted by molar-refractivity contribution is 5.67. The molecule has 1 amide bonds. The van der Waals surface area contributed by atoms with Crippen LogP contribution in [0.25, 0.3) is 0 Å². The van der Waals surface area contributed by atoms with Crippen molar-refractivity contribution in [1.29, 1.82) is 0 Å². The maximum absolute atomic E-state index is 11.4. The third kappa shape index (κ3) is 7.73. The van der Waals surface area contributed by atoms with Gasteiger partial charge in [0, 0.05) is 31.3 Å². The van der Waals surface area contributed by atoms with Crippen molar-refractivity contribution < 1.29 is 14.5 Å². The molecule has 1 aromatic carbocycles. The van der Waals surface area contributed by atoms with E-state index in [9.17, 15) is 14.9 Å². The molecule has 0 aliphatic rings. The number of amides is 1. The highest BCUT2D eigenvalue weighted by atomic mass is 16.6. The number of ether oxygens (including phenoxy) is 1. The first-order chi connectivity index (χ1) is 11.2. The average molecular weight is 335 g/mol. The Morgan fingerprint density at radius 2 is 1.83 bits per heavy atom. The van der Waals surface area contributed by atoms with Crippen LogP contribution in [0, 0.1) is 10.1 Å². The van der Waals surface area contributed by atoms with E-state index < -0.39 is 16.6 Å². The second-order valence-electron chi connectivity index (χ2n) is 6.33. The fourth-order valence-corrected chi connectivity index (χ4v) is 1.87. The molecule has 0 fully saturated rings. The van der Waals surface area contributed by atoms with Crippen LogP contribution in [0.1, 0.15) is 39.3 Å². The van der Waals surface area contributed by atoms with Crippen LogP contribution < -0.4 is 10.6 Å². The van der Waals surface area contributed by atoms with Gasteiger partial charge in [-0.05, 0) is 33.3 Å². The Morgan fingerprint density at radius 1 is 1.25 bits per heavy atom. The van der Waals surface area contributed by atoms with Crippen LogP contribution in [0.15, 0.2) is 36.4 Å². The van der Waals surface area contributed by atoms with Gasteiger partial charge in [-0.2, -0.15) is 0 Å². The molecule has 0 saturated heterocycles. The predicted octanol–water partition coefficient (Wildman–Crippen LogP) is 3.33. The summed E-state index contributed by atoms with van der Waals surface area (Å²) in [6.07, 6.45) is 3.29. The van der Waals surface area contributed by atoms with Crippen molar-refractivity contribution >= 4 is 11.8 Å². The number of nitrogens with one attached hydrogen (secondary N) is 2. The fraction of sp³-hybridized carbons (Fsp3) is 0.471. The average Bonchev–Trinajstić information content (AvgIpc) is 2.48. The summed E-state index contributed by atoms with van der Waals surface area (Å²) in [4.78, 5) is 21.6. The van der Waals surface area contributed by atoms with Crippen molar-refractivity contribution in [3.05, 3.63) is 52.1 Å². The molecule has 1 atom stereocenters. The van der Waals surface area contributed by atoms with Crippen LogP contribution in [0.4, 0.5) is 10.5 Å². The van der Waals surface area contributed by atoms with Crippen LogP contribution in [0.2, 0.25) is 0 Å². The highest BCUT2D eigenvalue weighted by Gasteiger charge is 2.15. The zero-order valence-corrected chi connectivity index (χ0v) is 14.5. The lowest BCUT2D eigenvalue weighted by molar-refractivity contribution is -0.384. The van der Waals surface area contributed by atoms with Gasteiger partial charge in [-0.3, -0.25) is 10.1 Å². The summed E-state index contributed by atoms with van der Waals surface area (Å²) < 4.78 is 5.12. The number of nitrogens with zero attached hydrogens (tertiary/aromatic N) is 1. The van der Waals surface area contributed by atoms with Gasteiger partial charge >= 0.3 is 6.09 Å². The number of hydrogen-bond acceptors (Lipinski definition) is 5. The number of nitro benzene ring substituents is 1. The zero-order chi connectivity index (χ0) is 18.2. The minimum Gasteiger partial charge on any atom is -0.444 e. The van der Waals surface area contributed by atoms with E-state index in [1.807, 2.05) is 39.8 Å². The van der Waals surface area contributed by atoms with Gasteiger partial charge in [0.15, 0.2) is 0 Å². The summed E-state index contributed by atoms with van der Waals surface area (Å²) >= 11 is 0. The number of carbonyl (C=O) groups excluding carboxylic acids is 1. The van der Waals surface area contributed by atoms with Crippen molar-refractivity contribution in [2.45, 2.75) is 39.3 Å². The predicted molar refractivity (Wildman–Crippen MR) is 92.9 cm³/mol. The first-order valence-corrected chi connectivity index (χ1v) is 7.78. The molecule has 0 bridgehead atoms. The number of nitro groups is 1. The van der Waals surface area contributed by atoms with Crippen molar-refractivity contribution in [1.82, 2.24) is 10.6 Å². The van der Waals surface area contributed by atoms with Gasteiger partial charge in [0.05, 0.1) is 4.92 Å². The Kier molecular flexibility index (Phi) is 7.38. The second-order valence-corrected chi connectivity index (χ2v) is 6.33. The van der Waals surface area contributed by atoms with E-state index in [2.05, 4.69) is 10.6 Å². The lowest BCUT2D eigenvalue weighted by atomic mass is 10.1. The van der Waals surface area contributed by atoms with Crippen LogP contribution in [0.3, 0.4) is 0 Å². The molecule has 1 rings (SSSR count). The monoisotopic (exact) mass is 335 g/mol. The van der Waals surface area contributed by atoms with Crippen molar-refractivity contribution in [2.24, 2.45) is 0 Å². The van der Waals surface area contributed by atoms with E-state index in [4.69, 9.17) is 4.74 Å². The third-order valence-electron chi connectivity index (χ3n) is 3.08. The maximum atomic E-state index is 11.4. The molecule has 0 aliphatic carbocycles. The fourth-order valence-electron chi connectivity index (χ4n) is 1.87. The quantitative estimate of drug-likeness (QED) is 0.453. The Morgan fingerprint density at radius 3 is 2.38 bits per heavy atom. The van der Waals surface area contributed by atoms with E-state index in [1.165, 1.54) is 12.1 Å². The molecule has 2 N–H and O–H groups in total. The lowest BCUT2D eigenvalue weighted by Crippen LogP contribution is -2.32. The molecule has 1 unspecified atom stereocenters. The molecule has 0 aliphatic heterocycles. The largest absolute Gasteiger partial charge is 0.444 e. The van der Waals surface area contributed by atoms with Gasteiger partial charge in [-0.15, -0.1) is 0 Å². The highest BCUT2D eigenvalue weighted by Crippen LogP contribution is 2.17. The van der Waals surface area contributed by atoms with Gasteiger partial charge in [0.1, 0.15) is 5.60 Å². The zero-order valence-electron chi connectivity index (χ0n) is 14.5. The van der Waals surface area contributed by atoms with Gasteiger partial charge in [0.2, 0.25) is 0 Å². The first kappa shape index (κ1) is 19.6. The molecule has 0 heterocycles. The van der Waals surface area contributed by atoms with E-state index >= 15 is 0 Å². The van der Waals surface area contributed by atoms with E-state index in [-0.39, 0.29) is 11.7 Å². The summed E-state index contributed by atoms with van der Waals surface area (Å²) in [7, 11) is 0. The van der Waals surface area contributed by atoms with Crippen LogP contribution in [0.5, 0.6) is 0 Å². The topological polar surface area (TPSA) is 93.5 Å². The smallest absolute Gasteiger partial charge is 0.407 e. The van der Waals surface area contributed by atoms with Crippen molar-refractivity contribution in [3.8, 4) is 0 Å². The van der Waals surface area contributed by atoms with E-state index in [0.29, 0.717) is 13.1 Å². The van der Waals surface area contributed by atoms with Gasteiger partial charge in [-0.1, -0.05) is 24.3 Å². The molecule has 7 nitrogen and oxygen atoms in total. The summed E-state index contributed by atoms with van der Waals surface area (Å²) in [6, 6.07) is 6.53. The summed E-state index contributed by atoms with van der Waals surface area (Å²) in [6.45, 7) is 8.42. The van der Waals surface area contributed by atoms with E-state index in [0.717, 1.165) is 5.56 Å². The Balaban J connectivity index is 2.28. The molecule has 0 saturated carbocycles. The Labute approximate surface area is 142 Å². The summed E-state index contributed by atoms with van der Waals surface area (Å²) in [5.41, 5.74) is 0.551. The van der Waals surface area contributed by atoms with Crippen LogP contribution >= 0.6 is 0 Å². The molecular weight excluding hydrogens is 310 g/mol. The Bertz CT molecular complexity index is 576. The summed E-state index contributed by atoms with van der Waals surface area (Å²) in [5, 5.41) is 16.5. The molecule has 0 spiro atoms. The van der Waals surface area contributed by atoms with Gasteiger partial charge in [0.25, 0.3) is 5.69 Å². The molecule has 1 aromatic rings. The molecule has 0 radical (unpaired) electrons. The Hall–Kier alpha value is -2.41. The van der Waals surface area contributed by atoms with Crippen molar-refractivity contribution in [3.63, 3.8) is 0 Å². The lowest BCUT2D eigenvalue weighted by Gasteiger charge is -2.19. The summed E-state index contributed by atoms with van der Waals surface area (Å²) in [5.74, 6) is 0. The molecule has 0 aromatic heterocycles. The third-order valence-corrected chi connectivity index (χ3v) is 3.08. The molecule has 132 valence electrons. The standard InChI is InChI=1S/C17H25N3O4/c1-13(14-7-9-15(10-8-14)20(22)23)18-11-5-6-12-19-16(21)24-17(2,3)4/h5-10,13,18H,11-12H2,1-4H3,(H,19,21)/b6-5+. The maximum Gasteiger partial charge on any atom is 0.407 e. The number of hydrogen-bond donors (Lipinski definition) is 2. The van der Waals surface area contributed by atoms with Gasteiger partial charge in [-0.25, -0.2) is 4.79 Å².